The van der Waals surface area contributed by atoms with Crippen molar-refractivity contribution in [2.24, 2.45) is 0 Å². The second kappa shape index (κ2) is 12.6. The molecule has 2 aromatic carbocycles. The van der Waals surface area contributed by atoms with Gasteiger partial charge < -0.3 is 15.6 Å². The van der Waals surface area contributed by atoms with Gasteiger partial charge in [0.2, 0.25) is 11.8 Å². The second-order valence-electron chi connectivity index (χ2n) is 10.9. The predicted octanol–water partition coefficient (Wildman–Crippen LogP) is 3.77. The van der Waals surface area contributed by atoms with Gasteiger partial charge in [-0.3, -0.25) is 19.4 Å². The number of rotatable bonds is 9. The maximum absolute atomic E-state index is 13.4. The molecule has 1 unspecified atom stereocenters. The first-order valence-electron chi connectivity index (χ1n) is 14.2. The lowest BCUT2D eigenvalue weighted by molar-refractivity contribution is -0.129. The van der Waals surface area contributed by atoms with Crippen molar-refractivity contribution >= 4 is 22.7 Å². The van der Waals surface area contributed by atoms with Crippen molar-refractivity contribution in [2.45, 2.75) is 64.1 Å². The van der Waals surface area contributed by atoms with E-state index in [1.54, 1.807) is 0 Å². The molecule has 2 heterocycles. The molecule has 2 aliphatic rings. The molecule has 7 nitrogen and oxygen atoms in total. The Labute approximate surface area is 226 Å². The number of para-hydroxylation sites is 1. The second-order valence-corrected chi connectivity index (χ2v) is 10.9. The van der Waals surface area contributed by atoms with Crippen LogP contribution in [0, 0.1) is 6.92 Å². The molecule has 3 aromatic rings. The normalized spacial score (nSPS) is 18.3. The minimum absolute atomic E-state index is 0.0907. The highest BCUT2D eigenvalue weighted by Crippen LogP contribution is 2.23. The van der Waals surface area contributed by atoms with Gasteiger partial charge in [0.15, 0.2) is 0 Å². The van der Waals surface area contributed by atoms with E-state index in [4.69, 9.17) is 0 Å². The number of aryl methyl sites for hydroxylation is 1. The van der Waals surface area contributed by atoms with Crippen LogP contribution in [0.2, 0.25) is 0 Å². The highest BCUT2D eigenvalue weighted by molar-refractivity contribution is 5.90. The standard InChI is InChI=1S/C31H41N5O2/c1-23-9-5-6-10-24(23)20-33-31(38)29(19-25-21-32-28-14-8-7-13-27(25)28)34-30(37)22-35-15-17-36(18-16-35)26-11-3-2-4-12-26/h5-10,13-14,21,26,29,32H,2-4,11-12,15-20,22H2,1H3,(H,33,38)(H,34,37). The van der Waals surface area contributed by atoms with Gasteiger partial charge in [0.05, 0.1) is 6.54 Å². The van der Waals surface area contributed by atoms with Gasteiger partial charge in [-0.05, 0) is 42.5 Å². The SMILES string of the molecule is Cc1ccccc1CNC(=O)C(Cc1c[nH]c2ccccc12)NC(=O)CN1CCN(C2CCCCC2)CC1. The maximum Gasteiger partial charge on any atom is 0.243 e. The Kier molecular flexibility index (Phi) is 8.76. The van der Waals surface area contributed by atoms with Crippen LogP contribution in [0.5, 0.6) is 0 Å². The van der Waals surface area contributed by atoms with Crippen LogP contribution < -0.4 is 10.6 Å². The summed E-state index contributed by atoms with van der Waals surface area (Å²) in [5, 5.41) is 7.22. The number of carbonyl (C=O) groups is 2. The van der Waals surface area contributed by atoms with E-state index in [0.717, 1.165) is 59.8 Å². The molecule has 1 saturated heterocycles. The maximum atomic E-state index is 13.4. The van der Waals surface area contributed by atoms with Gasteiger partial charge in [0.1, 0.15) is 6.04 Å². The Morgan fingerprint density at radius 3 is 2.47 bits per heavy atom. The third kappa shape index (κ3) is 6.63. The van der Waals surface area contributed by atoms with Gasteiger partial charge in [0.25, 0.3) is 0 Å². The number of amides is 2. The summed E-state index contributed by atoms with van der Waals surface area (Å²) in [6.45, 7) is 6.65. The number of nitrogens with one attached hydrogen (secondary N) is 3. The lowest BCUT2D eigenvalue weighted by Crippen LogP contribution is -2.54. The van der Waals surface area contributed by atoms with E-state index >= 15 is 0 Å². The fraction of sp³-hybridized carbons (Fsp3) is 0.484. The van der Waals surface area contributed by atoms with E-state index in [1.807, 2.05) is 55.6 Å². The average Bonchev–Trinajstić information content (AvgIpc) is 3.36. The zero-order valence-corrected chi connectivity index (χ0v) is 22.5. The zero-order valence-electron chi connectivity index (χ0n) is 22.5. The Morgan fingerprint density at radius 1 is 0.947 bits per heavy atom. The van der Waals surface area contributed by atoms with Crippen LogP contribution in [-0.4, -0.2) is 71.4 Å². The summed E-state index contributed by atoms with van der Waals surface area (Å²) in [4.78, 5) is 34.7. The minimum atomic E-state index is -0.644. The summed E-state index contributed by atoms with van der Waals surface area (Å²) in [7, 11) is 0. The number of hydrogen-bond donors (Lipinski definition) is 3. The van der Waals surface area contributed by atoms with E-state index in [9.17, 15) is 9.59 Å². The van der Waals surface area contributed by atoms with Crippen LogP contribution in [-0.2, 0) is 22.6 Å². The van der Waals surface area contributed by atoms with Crippen molar-refractivity contribution in [2.75, 3.05) is 32.7 Å². The molecule has 5 rings (SSSR count). The Hall–Kier alpha value is -3.16. The van der Waals surface area contributed by atoms with Crippen molar-refractivity contribution in [3.05, 3.63) is 71.4 Å². The van der Waals surface area contributed by atoms with Crippen molar-refractivity contribution in [3.63, 3.8) is 0 Å². The molecule has 1 aliphatic carbocycles. The fourth-order valence-electron chi connectivity index (χ4n) is 6.02. The number of hydrogen-bond acceptors (Lipinski definition) is 4. The number of carbonyl (C=O) groups excluding carboxylic acids is 2. The summed E-state index contributed by atoms with van der Waals surface area (Å²) < 4.78 is 0. The molecule has 38 heavy (non-hydrogen) atoms. The fourth-order valence-corrected chi connectivity index (χ4v) is 6.02. The minimum Gasteiger partial charge on any atom is -0.361 e. The molecule has 1 saturated carbocycles. The van der Waals surface area contributed by atoms with Gasteiger partial charge in [-0.2, -0.15) is 0 Å². The molecule has 1 atom stereocenters. The van der Waals surface area contributed by atoms with E-state index < -0.39 is 6.04 Å². The van der Waals surface area contributed by atoms with Crippen LogP contribution >= 0.6 is 0 Å². The average molecular weight is 516 g/mol. The third-order valence-corrected chi connectivity index (χ3v) is 8.33. The zero-order chi connectivity index (χ0) is 26.3. The number of H-pyrrole nitrogens is 1. The van der Waals surface area contributed by atoms with Crippen molar-refractivity contribution in [1.82, 2.24) is 25.4 Å². The molecule has 0 radical (unpaired) electrons. The molecular weight excluding hydrogens is 474 g/mol. The van der Waals surface area contributed by atoms with Gasteiger partial charge in [-0.25, -0.2) is 0 Å². The lowest BCUT2D eigenvalue weighted by Gasteiger charge is -2.40. The molecular formula is C31H41N5O2. The number of piperazine rings is 1. The first kappa shape index (κ1) is 26.4. The van der Waals surface area contributed by atoms with Gasteiger partial charge >= 0.3 is 0 Å². The Bertz CT molecular complexity index is 1220. The van der Waals surface area contributed by atoms with Crippen molar-refractivity contribution < 1.29 is 9.59 Å². The van der Waals surface area contributed by atoms with Crippen LogP contribution in [0.3, 0.4) is 0 Å². The summed E-state index contributed by atoms with van der Waals surface area (Å²) >= 11 is 0. The molecule has 1 aliphatic heterocycles. The molecule has 2 amide bonds. The molecule has 1 aromatic heterocycles. The Balaban J connectivity index is 1.20. The van der Waals surface area contributed by atoms with Gasteiger partial charge in [-0.15, -0.1) is 0 Å². The monoisotopic (exact) mass is 515 g/mol. The highest BCUT2D eigenvalue weighted by atomic mass is 16.2. The number of fused-ring (bicyclic) bond motifs is 1. The Morgan fingerprint density at radius 2 is 1.68 bits per heavy atom. The number of aromatic amines is 1. The van der Waals surface area contributed by atoms with Crippen molar-refractivity contribution in [3.8, 4) is 0 Å². The predicted molar refractivity (Wildman–Crippen MR) is 152 cm³/mol. The van der Waals surface area contributed by atoms with E-state index in [0.29, 0.717) is 19.5 Å². The van der Waals surface area contributed by atoms with E-state index in [2.05, 4.69) is 31.5 Å². The molecule has 7 heteroatoms. The number of aromatic nitrogens is 1. The first-order valence-corrected chi connectivity index (χ1v) is 14.2. The van der Waals surface area contributed by atoms with Crippen molar-refractivity contribution in [1.29, 1.82) is 0 Å². The molecule has 0 bridgehead atoms. The molecule has 3 N–H and O–H groups in total. The van der Waals surface area contributed by atoms with Crippen LogP contribution in [0.25, 0.3) is 10.9 Å². The lowest BCUT2D eigenvalue weighted by atomic mass is 9.94. The summed E-state index contributed by atoms with van der Waals surface area (Å²) in [5.74, 6) is -0.249. The quantitative estimate of drug-likeness (QED) is 0.405. The topological polar surface area (TPSA) is 80.5 Å². The number of nitrogens with zero attached hydrogens (tertiary/aromatic N) is 2. The molecule has 2 fully saturated rings. The first-order chi connectivity index (χ1) is 18.6. The van der Waals surface area contributed by atoms with Crippen LogP contribution in [0.4, 0.5) is 0 Å². The van der Waals surface area contributed by atoms with Crippen LogP contribution in [0.1, 0.15) is 48.8 Å². The number of benzene rings is 2. The largest absolute Gasteiger partial charge is 0.361 e. The highest BCUT2D eigenvalue weighted by Gasteiger charge is 2.27. The summed E-state index contributed by atoms with van der Waals surface area (Å²) in [6.07, 6.45) is 9.07. The van der Waals surface area contributed by atoms with E-state index in [-0.39, 0.29) is 11.8 Å². The summed E-state index contributed by atoms with van der Waals surface area (Å²) in [6, 6.07) is 16.2. The smallest absolute Gasteiger partial charge is 0.243 e. The van der Waals surface area contributed by atoms with Gasteiger partial charge in [0, 0.05) is 62.3 Å². The molecule has 0 spiro atoms. The van der Waals surface area contributed by atoms with Crippen LogP contribution in [0.15, 0.2) is 54.7 Å². The molecule has 202 valence electrons. The summed E-state index contributed by atoms with van der Waals surface area (Å²) in [5.41, 5.74) is 4.27. The third-order valence-electron chi connectivity index (χ3n) is 8.33. The van der Waals surface area contributed by atoms with E-state index in [1.165, 1.54) is 32.1 Å². The van der Waals surface area contributed by atoms with Gasteiger partial charge in [-0.1, -0.05) is 61.7 Å².